The fraction of sp³-hybridized carbons (Fsp3) is 0.471. The van der Waals surface area contributed by atoms with Crippen molar-refractivity contribution in [1.29, 1.82) is 0 Å². The summed E-state index contributed by atoms with van der Waals surface area (Å²) in [5, 5.41) is 4.91. The minimum absolute atomic E-state index is 0.0546. The first-order valence-electron chi connectivity index (χ1n) is 8.58. The molecule has 0 aromatic carbocycles. The molecule has 1 aliphatic rings. The highest BCUT2D eigenvalue weighted by Gasteiger charge is 2.45. The predicted octanol–water partition coefficient (Wildman–Crippen LogP) is 3.96. The number of nitrogens with zero attached hydrogens (tertiary/aromatic N) is 3. The molecule has 7 nitrogen and oxygen atoms in total. The summed E-state index contributed by atoms with van der Waals surface area (Å²) in [5.74, 6) is -3.86. The van der Waals surface area contributed by atoms with E-state index < -0.39 is 49.3 Å². The number of thiazole rings is 1. The van der Waals surface area contributed by atoms with Gasteiger partial charge in [-0.05, 0) is 19.9 Å². The number of hydrogen-bond donors (Lipinski definition) is 1. The van der Waals surface area contributed by atoms with Crippen LogP contribution in [-0.2, 0) is 5.54 Å². The molecule has 0 atom stereocenters. The Bertz CT molecular complexity index is 897. The molecule has 1 aliphatic heterocycles. The molecule has 0 aliphatic carbocycles. The fourth-order valence-corrected chi connectivity index (χ4v) is 3.33. The molecular weight excluding hydrogens is 435 g/mol. The number of halogens is 5. The summed E-state index contributed by atoms with van der Waals surface area (Å²) >= 11 is 1.31. The van der Waals surface area contributed by atoms with Crippen LogP contribution < -0.4 is 19.7 Å². The monoisotopic (exact) mass is 452 g/mol. The second-order valence-corrected chi connectivity index (χ2v) is 7.96. The Morgan fingerprint density at radius 3 is 2.57 bits per heavy atom. The Kier molecular flexibility index (Phi) is 5.76. The van der Waals surface area contributed by atoms with Crippen molar-refractivity contribution in [1.82, 2.24) is 15.3 Å². The zero-order chi connectivity index (χ0) is 22.2. The van der Waals surface area contributed by atoms with Gasteiger partial charge in [-0.2, -0.15) is 18.2 Å². The molecule has 3 rings (SSSR count). The van der Waals surface area contributed by atoms with E-state index in [1.165, 1.54) is 23.5 Å². The SMILES string of the molecule is CC(C)(NC(=O)Oc1ccc(N2CC(F)(F)C2)c(OCC(F)(F)F)n1)c1nccs1. The summed E-state index contributed by atoms with van der Waals surface area (Å²) in [6, 6.07) is 2.39. The predicted molar refractivity (Wildman–Crippen MR) is 97.2 cm³/mol. The number of alkyl halides is 5. The number of aromatic nitrogens is 2. The van der Waals surface area contributed by atoms with Crippen molar-refractivity contribution >= 4 is 23.1 Å². The van der Waals surface area contributed by atoms with E-state index in [4.69, 9.17) is 4.74 Å². The van der Waals surface area contributed by atoms with E-state index in [0.717, 1.165) is 4.90 Å². The van der Waals surface area contributed by atoms with Gasteiger partial charge in [0.25, 0.3) is 5.92 Å². The number of anilines is 1. The highest BCUT2D eigenvalue weighted by Crippen LogP contribution is 2.38. The van der Waals surface area contributed by atoms with Crippen LogP contribution in [0, 0.1) is 0 Å². The zero-order valence-corrected chi connectivity index (χ0v) is 16.6. The Hall–Kier alpha value is -2.70. The van der Waals surface area contributed by atoms with E-state index in [2.05, 4.69) is 20.0 Å². The molecule has 2 aromatic rings. The van der Waals surface area contributed by atoms with Crippen LogP contribution in [0.25, 0.3) is 0 Å². The number of amides is 1. The molecule has 0 spiro atoms. The van der Waals surface area contributed by atoms with Crippen LogP contribution >= 0.6 is 11.3 Å². The smallest absolute Gasteiger partial charge is 0.422 e. The first kappa shape index (κ1) is 22.0. The molecule has 1 N–H and O–H groups in total. The molecule has 0 saturated carbocycles. The van der Waals surface area contributed by atoms with E-state index in [-0.39, 0.29) is 11.6 Å². The Morgan fingerprint density at radius 1 is 1.30 bits per heavy atom. The third-order valence-electron chi connectivity index (χ3n) is 3.95. The van der Waals surface area contributed by atoms with Crippen LogP contribution in [-0.4, -0.2) is 47.9 Å². The van der Waals surface area contributed by atoms with Crippen molar-refractivity contribution in [2.45, 2.75) is 31.5 Å². The van der Waals surface area contributed by atoms with Crippen molar-refractivity contribution in [2.24, 2.45) is 0 Å². The van der Waals surface area contributed by atoms with Crippen LogP contribution in [0.1, 0.15) is 18.9 Å². The molecule has 3 heterocycles. The van der Waals surface area contributed by atoms with Gasteiger partial charge in [-0.15, -0.1) is 11.3 Å². The lowest BCUT2D eigenvalue weighted by molar-refractivity contribution is -0.154. The minimum atomic E-state index is -4.66. The molecule has 0 radical (unpaired) electrons. The third-order valence-corrected chi connectivity index (χ3v) is 5.05. The maximum Gasteiger partial charge on any atom is 0.422 e. The first-order chi connectivity index (χ1) is 13.8. The Labute approximate surface area is 171 Å². The summed E-state index contributed by atoms with van der Waals surface area (Å²) in [7, 11) is 0. The molecule has 30 heavy (non-hydrogen) atoms. The van der Waals surface area contributed by atoms with E-state index in [1.807, 2.05) is 0 Å². The van der Waals surface area contributed by atoms with Crippen molar-refractivity contribution in [3.63, 3.8) is 0 Å². The van der Waals surface area contributed by atoms with Crippen molar-refractivity contribution in [2.75, 3.05) is 24.6 Å². The lowest BCUT2D eigenvalue weighted by atomic mass is 10.1. The molecule has 2 aromatic heterocycles. The van der Waals surface area contributed by atoms with Gasteiger partial charge in [-0.1, -0.05) is 0 Å². The molecule has 1 fully saturated rings. The molecule has 0 unspecified atom stereocenters. The maximum atomic E-state index is 13.1. The quantitative estimate of drug-likeness (QED) is 0.669. The van der Waals surface area contributed by atoms with Gasteiger partial charge in [-0.3, -0.25) is 0 Å². The van der Waals surface area contributed by atoms with Crippen LogP contribution in [0.5, 0.6) is 11.8 Å². The summed E-state index contributed by atoms with van der Waals surface area (Å²) in [5.41, 5.74) is -0.926. The lowest BCUT2D eigenvalue weighted by Gasteiger charge is -2.40. The van der Waals surface area contributed by atoms with E-state index in [1.54, 1.807) is 25.4 Å². The van der Waals surface area contributed by atoms with Crippen molar-refractivity contribution < 1.29 is 36.2 Å². The van der Waals surface area contributed by atoms with Crippen molar-refractivity contribution in [3.05, 3.63) is 28.7 Å². The van der Waals surface area contributed by atoms with Crippen molar-refractivity contribution in [3.8, 4) is 11.8 Å². The second kappa shape index (κ2) is 7.85. The topological polar surface area (TPSA) is 76.6 Å². The Morgan fingerprint density at radius 2 is 2.00 bits per heavy atom. The van der Waals surface area contributed by atoms with Crippen LogP contribution in [0.4, 0.5) is 32.4 Å². The van der Waals surface area contributed by atoms with E-state index in [9.17, 15) is 26.7 Å². The van der Waals surface area contributed by atoms with E-state index >= 15 is 0 Å². The average molecular weight is 452 g/mol. The number of hydrogen-bond acceptors (Lipinski definition) is 7. The fourth-order valence-electron chi connectivity index (χ4n) is 2.61. The van der Waals surface area contributed by atoms with Gasteiger partial charge in [-0.25, -0.2) is 18.6 Å². The molecule has 0 bridgehead atoms. The lowest BCUT2D eigenvalue weighted by Crippen LogP contribution is -2.56. The van der Waals surface area contributed by atoms with Crippen LogP contribution in [0.15, 0.2) is 23.7 Å². The standard InChI is InChI=1S/C17H17F5N4O3S/c1-15(2,13-23-5-6-30-13)25-14(27)29-11-4-3-10(26-7-16(18,19)8-26)12(24-11)28-9-17(20,21)22/h3-6H,7-9H2,1-2H3,(H,25,27). The number of carbonyl (C=O) groups is 1. The first-order valence-corrected chi connectivity index (χ1v) is 9.46. The molecule has 13 heteroatoms. The van der Waals surface area contributed by atoms with Gasteiger partial charge in [0, 0.05) is 17.6 Å². The van der Waals surface area contributed by atoms with Gasteiger partial charge < -0.3 is 19.7 Å². The normalized spacial score (nSPS) is 16.0. The number of carbonyl (C=O) groups excluding carboxylic acids is 1. The molecule has 1 saturated heterocycles. The third kappa shape index (κ3) is 5.46. The molecular formula is C17H17F5N4O3S. The minimum Gasteiger partial charge on any atom is -0.466 e. The highest BCUT2D eigenvalue weighted by molar-refractivity contribution is 7.09. The number of pyridine rings is 1. The Balaban J connectivity index is 1.74. The maximum absolute atomic E-state index is 13.1. The van der Waals surface area contributed by atoms with Crippen LogP contribution in [0.3, 0.4) is 0 Å². The number of ether oxygens (including phenoxy) is 2. The van der Waals surface area contributed by atoms with Gasteiger partial charge in [0.05, 0.1) is 18.6 Å². The number of rotatable bonds is 6. The molecule has 164 valence electrons. The molecule has 1 amide bonds. The van der Waals surface area contributed by atoms with Gasteiger partial charge in [0.15, 0.2) is 6.61 Å². The summed E-state index contributed by atoms with van der Waals surface area (Å²) in [6.45, 7) is 0.334. The van der Waals surface area contributed by atoms with Gasteiger partial charge in [0.1, 0.15) is 10.7 Å². The largest absolute Gasteiger partial charge is 0.466 e. The van der Waals surface area contributed by atoms with Crippen LogP contribution in [0.2, 0.25) is 0 Å². The summed E-state index contributed by atoms with van der Waals surface area (Å²) in [4.78, 5) is 21.2. The second-order valence-electron chi connectivity index (χ2n) is 7.07. The summed E-state index contributed by atoms with van der Waals surface area (Å²) < 4.78 is 73.6. The zero-order valence-electron chi connectivity index (χ0n) is 15.8. The average Bonchev–Trinajstić information content (AvgIpc) is 3.12. The summed E-state index contributed by atoms with van der Waals surface area (Å²) in [6.07, 6.45) is -4.02. The number of nitrogens with one attached hydrogen (secondary N) is 1. The van der Waals surface area contributed by atoms with Gasteiger partial charge in [0.2, 0.25) is 11.8 Å². The highest BCUT2D eigenvalue weighted by atomic mass is 32.1. The van der Waals surface area contributed by atoms with E-state index in [0.29, 0.717) is 5.01 Å². The van der Waals surface area contributed by atoms with Gasteiger partial charge >= 0.3 is 12.3 Å².